The lowest BCUT2D eigenvalue weighted by Gasteiger charge is -2.32. The molecule has 0 unspecified atom stereocenters. The van der Waals surface area contributed by atoms with Crippen molar-refractivity contribution in [3.63, 3.8) is 0 Å². The molecule has 29 heavy (non-hydrogen) atoms. The second-order valence-electron chi connectivity index (χ2n) is 8.52. The Balaban J connectivity index is 1.28. The van der Waals surface area contributed by atoms with Crippen molar-refractivity contribution in [2.45, 2.75) is 56.5 Å². The molecule has 0 saturated heterocycles. The lowest BCUT2D eigenvalue weighted by molar-refractivity contribution is 0.0998. The third-order valence-corrected chi connectivity index (χ3v) is 6.64. The lowest BCUT2D eigenvalue weighted by Crippen LogP contribution is -2.40. The van der Waals surface area contributed by atoms with Gasteiger partial charge < -0.3 is 21.0 Å². The van der Waals surface area contributed by atoms with E-state index in [1.54, 1.807) is 6.07 Å². The van der Waals surface area contributed by atoms with E-state index in [1.807, 2.05) is 6.07 Å². The number of nitrogens with one attached hydrogen (secondary N) is 3. The van der Waals surface area contributed by atoms with Crippen LogP contribution < -0.4 is 16.7 Å². The summed E-state index contributed by atoms with van der Waals surface area (Å²) in [6.07, 6.45) is 6.41. The number of H-pyrrole nitrogens is 2. The Morgan fingerprint density at radius 1 is 0.931 bits per heavy atom. The van der Waals surface area contributed by atoms with Crippen molar-refractivity contribution in [1.29, 1.82) is 0 Å². The molecule has 1 fully saturated rings. The third-order valence-electron chi connectivity index (χ3n) is 6.64. The van der Waals surface area contributed by atoms with E-state index in [4.69, 9.17) is 5.73 Å². The van der Waals surface area contributed by atoms with Gasteiger partial charge in [0.2, 0.25) is 5.91 Å². The van der Waals surface area contributed by atoms with Crippen LogP contribution in [0.5, 0.6) is 0 Å². The molecule has 1 amide bonds. The van der Waals surface area contributed by atoms with Crippen molar-refractivity contribution in [3.05, 3.63) is 69.1 Å². The van der Waals surface area contributed by atoms with E-state index in [1.165, 1.54) is 11.1 Å². The number of amides is 1. The van der Waals surface area contributed by atoms with E-state index >= 15 is 0 Å². The fraction of sp³-hybridized carbons (Fsp3) is 0.391. The summed E-state index contributed by atoms with van der Waals surface area (Å²) in [5.41, 5.74) is 11.2. The van der Waals surface area contributed by atoms with Crippen molar-refractivity contribution in [2.24, 2.45) is 5.73 Å². The molecule has 0 atom stereocenters. The van der Waals surface area contributed by atoms with Gasteiger partial charge in [-0.1, -0.05) is 24.3 Å². The van der Waals surface area contributed by atoms with Crippen LogP contribution in [-0.4, -0.2) is 28.0 Å². The molecule has 0 radical (unpaired) electrons. The molecule has 2 aliphatic rings. The Morgan fingerprint density at radius 2 is 1.55 bits per heavy atom. The summed E-state index contributed by atoms with van der Waals surface area (Å²) in [6, 6.07) is 13.4. The Bertz CT molecular complexity index is 1100. The van der Waals surface area contributed by atoms with Gasteiger partial charge in [0.05, 0.1) is 11.0 Å². The maximum absolute atomic E-state index is 12.0. The molecule has 6 heteroatoms. The zero-order valence-corrected chi connectivity index (χ0v) is 16.3. The minimum atomic E-state index is -0.437. The fourth-order valence-corrected chi connectivity index (χ4v) is 5.23. The van der Waals surface area contributed by atoms with Crippen LogP contribution in [0, 0.1) is 0 Å². The average molecular weight is 390 g/mol. The number of aromatic amines is 2. The molecule has 0 aliphatic heterocycles. The highest BCUT2D eigenvalue weighted by Crippen LogP contribution is 2.36. The van der Waals surface area contributed by atoms with Crippen LogP contribution in [-0.2, 0) is 12.8 Å². The molecule has 1 aromatic heterocycles. The third kappa shape index (κ3) is 3.49. The standard InChI is InChI=1S/C23H26N4O2/c24-22(28)19-12-21-20(26-23(29)27-21)11-18(19)13-5-7-16(8-6-13)25-17-9-14-3-1-2-4-15(14)10-17/h1-4,11-13,16-17,25H,5-10H2,(H2,24,28)(H2,26,27,29). The van der Waals surface area contributed by atoms with Gasteiger partial charge in [0.15, 0.2) is 0 Å². The molecular weight excluding hydrogens is 364 g/mol. The van der Waals surface area contributed by atoms with Gasteiger partial charge in [-0.2, -0.15) is 0 Å². The number of hydrogen-bond acceptors (Lipinski definition) is 3. The van der Waals surface area contributed by atoms with Crippen LogP contribution in [0.1, 0.15) is 58.6 Å². The van der Waals surface area contributed by atoms with E-state index in [-0.39, 0.29) is 5.69 Å². The van der Waals surface area contributed by atoms with Crippen LogP contribution in [0.3, 0.4) is 0 Å². The van der Waals surface area contributed by atoms with Crippen LogP contribution in [0.25, 0.3) is 11.0 Å². The Labute approximate surface area is 168 Å². The molecule has 1 heterocycles. The number of imidazole rings is 1. The van der Waals surface area contributed by atoms with E-state index in [0.29, 0.717) is 29.1 Å². The van der Waals surface area contributed by atoms with Crippen LogP contribution in [0.4, 0.5) is 0 Å². The van der Waals surface area contributed by atoms with E-state index < -0.39 is 5.91 Å². The molecule has 6 nitrogen and oxygen atoms in total. The van der Waals surface area contributed by atoms with Gasteiger partial charge in [-0.25, -0.2) is 4.79 Å². The van der Waals surface area contributed by atoms with E-state index in [0.717, 1.165) is 49.6 Å². The SMILES string of the molecule is NC(=O)c1cc2[nH]c(=O)[nH]c2cc1C1CCC(NC2Cc3ccccc3C2)CC1. The van der Waals surface area contributed by atoms with Crippen molar-refractivity contribution >= 4 is 16.9 Å². The predicted molar refractivity (Wildman–Crippen MR) is 113 cm³/mol. The highest BCUT2D eigenvalue weighted by atomic mass is 16.1. The molecule has 0 bridgehead atoms. The molecule has 2 aliphatic carbocycles. The number of aromatic nitrogens is 2. The van der Waals surface area contributed by atoms with Gasteiger partial charge in [0.1, 0.15) is 0 Å². The lowest BCUT2D eigenvalue weighted by atomic mass is 9.79. The Hall–Kier alpha value is -2.86. The number of nitrogens with two attached hydrogens (primary N) is 1. The molecule has 5 rings (SSSR count). The smallest absolute Gasteiger partial charge is 0.323 e. The first kappa shape index (κ1) is 18.2. The number of hydrogen-bond donors (Lipinski definition) is 4. The average Bonchev–Trinajstić information content (AvgIpc) is 3.28. The number of primary amides is 1. The summed E-state index contributed by atoms with van der Waals surface area (Å²) >= 11 is 0. The van der Waals surface area contributed by atoms with Crippen molar-refractivity contribution in [3.8, 4) is 0 Å². The van der Waals surface area contributed by atoms with Crippen molar-refractivity contribution in [1.82, 2.24) is 15.3 Å². The first-order valence-corrected chi connectivity index (χ1v) is 10.5. The van der Waals surface area contributed by atoms with Gasteiger partial charge in [0, 0.05) is 17.6 Å². The fourth-order valence-electron chi connectivity index (χ4n) is 5.23. The summed E-state index contributed by atoms with van der Waals surface area (Å²) in [6.45, 7) is 0. The van der Waals surface area contributed by atoms with Crippen molar-refractivity contribution < 1.29 is 4.79 Å². The molecule has 0 spiro atoms. The summed E-state index contributed by atoms with van der Waals surface area (Å²) in [5.74, 6) is -0.146. The van der Waals surface area contributed by atoms with E-state index in [9.17, 15) is 9.59 Å². The van der Waals surface area contributed by atoms with Gasteiger partial charge in [0.25, 0.3) is 0 Å². The minimum absolute atomic E-state index is 0.266. The van der Waals surface area contributed by atoms with Gasteiger partial charge >= 0.3 is 5.69 Å². The number of carbonyl (C=O) groups is 1. The van der Waals surface area contributed by atoms with Crippen LogP contribution >= 0.6 is 0 Å². The van der Waals surface area contributed by atoms with Gasteiger partial charge in [-0.3, -0.25) is 4.79 Å². The second-order valence-corrected chi connectivity index (χ2v) is 8.52. The molecule has 1 saturated carbocycles. The topological polar surface area (TPSA) is 104 Å². The number of fused-ring (bicyclic) bond motifs is 2. The largest absolute Gasteiger partial charge is 0.366 e. The zero-order chi connectivity index (χ0) is 20.0. The van der Waals surface area contributed by atoms with Crippen molar-refractivity contribution in [2.75, 3.05) is 0 Å². The Kier molecular flexibility index (Phi) is 4.51. The molecule has 2 aromatic carbocycles. The number of carbonyl (C=O) groups excluding carboxylic acids is 1. The molecule has 150 valence electrons. The minimum Gasteiger partial charge on any atom is -0.366 e. The molecule has 5 N–H and O–H groups in total. The summed E-state index contributed by atoms with van der Waals surface area (Å²) < 4.78 is 0. The maximum atomic E-state index is 12.0. The highest BCUT2D eigenvalue weighted by Gasteiger charge is 2.29. The number of rotatable bonds is 4. The quantitative estimate of drug-likeness (QED) is 0.551. The molecular formula is C23H26N4O2. The van der Waals surface area contributed by atoms with Gasteiger partial charge in [-0.15, -0.1) is 0 Å². The predicted octanol–water partition coefficient (Wildman–Crippen LogP) is 2.74. The Morgan fingerprint density at radius 3 is 2.17 bits per heavy atom. The molecule has 3 aromatic rings. The first-order chi connectivity index (χ1) is 14.1. The summed E-state index contributed by atoms with van der Waals surface area (Å²) in [5, 5.41) is 3.86. The first-order valence-electron chi connectivity index (χ1n) is 10.5. The normalized spacial score (nSPS) is 22.1. The summed E-state index contributed by atoms with van der Waals surface area (Å²) in [7, 11) is 0. The second kappa shape index (κ2) is 7.19. The summed E-state index contributed by atoms with van der Waals surface area (Å²) in [4.78, 5) is 29.1. The maximum Gasteiger partial charge on any atom is 0.323 e. The zero-order valence-electron chi connectivity index (χ0n) is 16.3. The highest BCUT2D eigenvalue weighted by molar-refractivity contribution is 5.98. The van der Waals surface area contributed by atoms with Gasteiger partial charge in [-0.05, 0) is 73.3 Å². The van der Waals surface area contributed by atoms with Crippen LogP contribution in [0.15, 0.2) is 41.2 Å². The van der Waals surface area contributed by atoms with E-state index in [2.05, 4.69) is 39.6 Å². The van der Waals surface area contributed by atoms with Crippen LogP contribution in [0.2, 0.25) is 0 Å². The monoisotopic (exact) mass is 390 g/mol. The number of benzene rings is 2.